The summed E-state index contributed by atoms with van der Waals surface area (Å²) in [5.41, 5.74) is 1.02. The number of para-hydroxylation sites is 1. The van der Waals surface area contributed by atoms with Crippen LogP contribution in [0.4, 0.5) is 4.39 Å². The van der Waals surface area contributed by atoms with Crippen molar-refractivity contribution >= 4 is 26.8 Å². The first-order valence-electron chi connectivity index (χ1n) is 11.3. The molecule has 8 nitrogen and oxygen atoms in total. The summed E-state index contributed by atoms with van der Waals surface area (Å²) in [5, 5.41) is 0.673. The van der Waals surface area contributed by atoms with Crippen LogP contribution in [0.1, 0.15) is 11.3 Å². The van der Waals surface area contributed by atoms with Crippen molar-refractivity contribution < 1.29 is 26.8 Å². The summed E-state index contributed by atoms with van der Waals surface area (Å²) >= 11 is 0. The van der Waals surface area contributed by atoms with Gasteiger partial charge in [-0.2, -0.15) is 4.31 Å². The van der Waals surface area contributed by atoms with Crippen molar-refractivity contribution in [2.75, 3.05) is 26.8 Å². The second-order valence-electron chi connectivity index (χ2n) is 8.12. The van der Waals surface area contributed by atoms with E-state index < -0.39 is 22.5 Å². The number of rotatable bonds is 11. The fourth-order valence-corrected chi connectivity index (χ4v) is 5.32. The third-order valence-electron chi connectivity index (χ3n) is 5.64. The Hall–Kier alpha value is -3.60. The summed E-state index contributed by atoms with van der Waals surface area (Å²) in [6.45, 7) is -0.0817. The van der Waals surface area contributed by atoms with Gasteiger partial charge in [-0.05, 0) is 42.0 Å². The quantitative estimate of drug-likeness (QED) is 0.304. The van der Waals surface area contributed by atoms with Gasteiger partial charge in [-0.1, -0.05) is 30.3 Å². The van der Waals surface area contributed by atoms with Crippen LogP contribution in [-0.2, 0) is 32.6 Å². The van der Waals surface area contributed by atoms with Gasteiger partial charge >= 0.3 is 0 Å². The highest BCUT2D eigenvalue weighted by molar-refractivity contribution is 7.89. The Kier molecular flexibility index (Phi) is 8.09. The van der Waals surface area contributed by atoms with E-state index in [-0.39, 0.29) is 37.0 Å². The monoisotopic (exact) mass is 511 g/mol. The fraction of sp³-hybridized carbons (Fsp3) is 0.231. The number of carbonyl (C=O) groups is 1. The Morgan fingerprint density at radius 2 is 1.81 bits per heavy atom. The van der Waals surface area contributed by atoms with E-state index in [9.17, 15) is 17.6 Å². The number of hydrogen-bond acceptors (Lipinski definition) is 6. The minimum Gasteiger partial charge on any atom is -0.467 e. The molecular weight excluding hydrogens is 485 g/mol. The van der Waals surface area contributed by atoms with E-state index in [0.29, 0.717) is 22.2 Å². The first kappa shape index (κ1) is 25.5. The molecule has 10 heteroatoms. The third kappa shape index (κ3) is 5.96. The predicted molar refractivity (Wildman–Crippen MR) is 132 cm³/mol. The maximum absolute atomic E-state index is 13.7. The molecular formula is C26H26FN3O5S. The molecule has 4 rings (SSSR count). The van der Waals surface area contributed by atoms with Crippen molar-refractivity contribution in [1.29, 1.82) is 0 Å². The largest absolute Gasteiger partial charge is 0.467 e. The molecule has 188 valence electrons. The van der Waals surface area contributed by atoms with Crippen LogP contribution in [0.3, 0.4) is 0 Å². The zero-order chi connectivity index (χ0) is 25.5. The van der Waals surface area contributed by atoms with Gasteiger partial charge in [-0.3, -0.25) is 9.78 Å². The lowest BCUT2D eigenvalue weighted by Gasteiger charge is -2.27. The maximum Gasteiger partial charge on any atom is 0.245 e. The van der Waals surface area contributed by atoms with Gasteiger partial charge in [0.15, 0.2) is 0 Å². The molecule has 0 aliphatic carbocycles. The van der Waals surface area contributed by atoms with E-state index in [1.54, 1.807) is 48.5 Å². The van der Waals surface area contributed by atoms with E-state index in [1.165, 1.54) is 42.7 Å². The molecule has 0 saturated heterocycles. The van der Waals surface area contributed by atoms with Gasteiger partial charge in [0.25, 0.3) is 0 Å². The molecule has 36 heavy (non-hydrogen) atoms. The zero-order valence-electron chi connectivity index (χ0n) is 19.7. The number of benzene rings is 2. The molecule has 1 amide bonds. The molecule has 0 bridgehead atoms. The van der Waals surface area contributed by atoms with Crippen molar-refractivity contribution in [3.63, 3.8) is 0 Å². The number of aromatic nitrogens is 1. The Morgan fingerprint density at radius 3 is 2.53 bits per heavy atom. The highest BCUT2D eigenvalue weighted by Gasteiger charge is 2.30. The lowest BCUT2D eigenvalue weighted by molar-refractivity contribution is -0.133. The van der Waals surface area contributed by atoms with Crippen molar-refractivity contribution in [3.05, 3.63) is 96.3 Å². The molecule has 0 saturated carbocycles. The Bertz CT molecular complexity index is 1400. The number of furan rings is 1. The fourth-order valence-electron chi connectivity index (χ4n) is 3.78. The molecule has 2 aromatic carbocycles. The summed E-state index contributed by atoms with van der Waals surface area (Å²) in [6.07, 6.45) is 3.03. The van der Waals surface area contributed by atoms with E-state index >= 15 is 0 Å². The van der Waals surface area contributed by atoms with Crippen LogP contribution >= 0.6 is 0 Å². The summed E-state index contributed by atoms with van der Waals surface area (Å²) in [6, 6.07) is 17.6. The number of nitrogens with zero attached hydrogens (tertiary/aromatic N) is 3. The zero-order valence-corrected chi connectivity index (χ0v) is 20.5. The first-order chi connectivity index (χ1) is 17.4. The standard InChI is InChI=1S/C26H26FN3O5S/c1-34-16-14-30(36(32,33)24-8-2-5-21-6-3-13-28-26(21)24)19-25(31)29(18-23-7-4-15-35-23)17-20-9-11-22(27)12-10-20/h2-13,15H,14,16-19H2,1H3. The molecule has 2 heterocycles. The SMILES string of the molecule is COCCN(CC(=O)N(Cc1ccc(F)cc1)Cc1ccco1)S(=O)(=O)c1cccc2cccnc12. The van der Waals surface area contributed by atoms with Crippen molar-refractivity contribution in [2.45, 2.75) is 18.0 Å². The molecule has 2 aromatic heterocycles. The maximum atomic E-state index is 13.7. The molecule has 0 N–H and O–H groups in total. The van der Waals surface area contributed by atoms with Crippen LogP contribution in [0.2, 0.25) is 0 Å². The Morgan fingerprint density at radius 1 is 1.03 bits per heavy atom. The summed E-state index contributed by atoms with van der Waals surface area (Å²) < 4.78 is 52.5. The van der Waals surface area contributed by atoms with Gasteiger partial charge < -0.3 is 14.1 Å². The molecule has 0 spiro atoms. The smallest absolute Gasteiger partial charge is 0.245 e. The number of halogens is 1. The topological polar surface area (TPSA) is 93.0 Å². The predicted octanol–water partition coefficient (Wildman–Crippen LogP) is 3.83. The van der Waals surface area contributed by atoms with Gasteiger partial charge in [0.2, 0.25) is 15.9 Å². The number of hydrogen-bond donors (Lipinski definition) is 0. The highest BCUT2D eigenvalue weighted by atomic mass is 32.2. The molecule has 0 atom stereocenters. The molecule has 0 fully saturated rings. The first-order valence-corrected chi connectivity index (χ1v) is 12.7. The lowest BCUT2D eigenvalue weighted by Crippen LogP contribution is -2.43. The molecule has 0 unspecified atom stereocenters. The number of carbonyl (C=O) groups excluding carboxylic acids is 1. The average molecular weight is 512 g/mol. The summed E-state index contributed by atoms with van der Waals surface area (Å²) in [5.74, 6) is -0.290. The van der Waals surface area contributed by atoms with Gasteiger partial charge in [0, 0.05) is 31.8 Å². The van der Waals surface area contributed by atoms with Crippen LogP contribution in [0, 0.1) is 5.82 Å². The second-order valence-corrected chi connectivity index (χ2v) is 10.0. The van der Waals surface area contributed by atoms with E-state index in [0.717, 1.165) is 4.31 Å². The molecule has 0 aliphatic rings. The van der Waals surface area contributed by atoms with E-state index in [1.807, 2.05) is 0 Å². The van der Waals surface area contributed by atoms with Crippen LogP contribution in [0.5, 0.6) is 0 Å². The Balaban J connectivity index is 1.64. The summed E-state index contributed by atoms with van der Waals surface area (Å²) in [4.78, 5) is 19.3. The van der Waals surface area contributed by atoms with Crippen molar-refractivity contribution in [2.24, 2.45) is 0 Å². The number of methoxy groups -OCH3 is 1. The number of sulfonamides is 1. The average Bonchev–Trinajstić information content (AvgIpc) is 3.40. The van der Waals surface area contributed by atoms with Crippen molar-refractivity contribution in [3.8, 4) is 0 Å². The van der Waals surface area contributed by atoms with E-state index in [2.05, 4.69) is 4.98 Å². The highest BCUT2D eigenvalue weighted by Crippen LogP contribution is 2.24. The van der Waals surface area contributed by atoms with Crippen LogP contribution < -0.4 is 0 Å². The second kappa shape index (κ2) is 11.4. The summed E-state index contributed by atoms with van der Waals surface area (Å²) in [7, 11) is -2.64. The molecule has 0 aliphatic heterocycles. The number of pyridine rings is 1. The number of ether oxygens (including phenoxy) is 1. The number of fused-ring (bicyclic) bond motifs is 1. The van der Waals surface area contributed by atoms with Gasteiger partial charge in [-0.15, -0.1) is 0 Å². The van der Waals surface area contributed by atoms with E-state index in [4.69, 9.17) is 9.15 Å². The molecule has 4 aromatic rings. The normalized spacial score (nSPS) is 11.8. The lowest BCUT2D eigenvalue weighted by atomic mass is 10.2. The van der Waals surface area contributed by atoms with Crippen LogP contribution in [0.15, 0.2) is 88.5 Å². The van der Waals surface area contributed by atoms with Gasteiger partial charge in [0.05, 0.1) is 31.5 Å². The molecule has 0 radical (unpaired) electrons. The minimum atomic E-state index is -4.10. The minimum absolute atomic E-state index is 0.0145. The number of amides is 1. The van der Waals surface area contributed by atoms with Gasteiger partial charge in [0.1, 0.15) is 16.5 Å². The third-order valence-corrected chi connectivity index (χ3v) is 7.51. The van der Waals surface area contributed by atoms with Crippen LogP contribution in [-0.4, -0.2) is 55.3 Å². The van der Waals surface area contributed by atoms with Crippen LogP contribution in [0.25, 0.3) is 10.9 Å². The van der Waals surface area contributed by atoms with Crippen molar-refractivity contribution in [1.82, 2.24) is 14.2 Å². The van der Waals surface area contributed by atoms with Gasteiger partial charge in [-0.25, -0.2) is 12.8 Å². The Labute approximate surface area is 209 Å².